The zero-order valence-electron chi connectivity index (χ0n) is 26.2. The summed E-state index contributed by atoms with van der Waals surface area (Å²) in [5, 5.41) is 9.09. The fraction of sp³-hybridized carbons (Fsp3) is 0.941. The summed E-state index contributed by atoms with van der Waals surface area (Å²) in [6.07, 6.45) is 30.0. The molecule has 0 aromatic heterocycles. The second-order valence-corrected chi connectivity index (χ2v) is 11.6. The maximum absolute atomic E-state index is 12.4. The molecule has 0 saturated carbocycles. The van der Waals surface area contributed by atoms with Gasteiger partial charge in [0.25, 0.3) is 0 Å². The van der Waals surface area contributed by atoms with Gasteiger partial charge in [-0.05, 0) is 32.1 Å². The number of hydrogen-bond donors (Lipinski definition) is 1. The highest BCUT2D eigenvalue weighted by Gasteiger charge is 2.17. The predicted molar refractivity (Wildman–Crippen MR) is 164 cm³/mol. The van der Waals surface area contributed by atoms with Crippen molar-refractivity contribution in [1.29, 1.82) is 0 Å². The third-order valence-electron chi connectivity index (χ3n) is 7.63. The molecule has 0 aromatic rings. The van der Waals surface area contributed by atoms with Crippen LogP contribution in [-0.4, -0.2) is 36.4 Å². The van der Waals surface area contributed by atoms with Crippen LogP contribution in [0.1, 0.15) is 187 Å². The maximum atomic E-state index is 12.4. The highest BCUT2D eigenvalue weighted by molar-refractivity contribution is 5.70. The molecule has 0 radical (unpaired) electrons. The zero-order valence-corrected chi connectivity index (χ0v) is 26.2. The summed E-state index contributed by atoms with van der Waals surface area (Å²) in [5.74, 6) is -0.388. The molecule has 0 rings (SSSR count). The van der Waals surface area contributed by atoms with Crippen LogP contribution in [0.2, 0.25) is 0 Å². The fourth-order valence-electron chi connectivity index (χ4n) is 5.03. The molecular formula is C34H66O5. The number of hydrogen-bond acceptors (Lipinski definition) is 5. The smallest absolute Gasteiger partial charge is 0.306 e. The standard InChI is InChI=1S/C34H66O5/c1-3-5-7-9-11-13-15-17-19-21-23-28-33(36)38-31-32(27-25-26-30-35)39-34(37)29-24-22-20-18-16-14-12-10-8-6-4-2/h32,35H,3-31H2,1-2H3. The zero-order chi connectivity index (χ0) is 28.7. The summed E-state index contributed by atoms with van der Waals surface area (Å²) < 4.78 is 11.1. The summed E-state index contributed by atoms with van der Waals surface area (Å²) >= 11 is 0. The van der Waals surface area contributed by atoms with E-state index in [9.17, 15) is 9.59 Å². The molecule has 0 fully saturated rings. The number of carbonyl (C=O) groups excluding carboxylic acids is 2. The number of aliphatic hydroxyl groups excluding tert-OH is 1. The van der Waals surface area contributed by atoms with Crippen LogP contribution < -0.4 is 0 Å². The number of rotatable bonds is 31. The van der Waals surface area contributed by atoms with Gasteiger partial charge in [-0.3, -0.25) is 9.59 Å². The van der Waals surface area contributed by atoms with E-state index in [1.165, 1.54) is 116 Å². The Hall–Kier alpha value is -1.10. The van der Waals surface area contributed by atoms with Crippen molar-refractivity contribution >= 4 is 11.9 Å². The molecule has 0 saturated heterocycles. The van der Waals surface area contributed by atoms with Crippen molar-refractivity contribution in [3.63, 3.8) is 0 Å². The van der Waals surface area contributed by atoms with Crippen molar-refractivity contribution in [3.8, 4) is 0 Å². The number of esters is 2. The Balaban J connectivity index is 3.87. The Morgan fingerprint density at radius 2 is 0.897 bits per heavy atom. The van der Waals surface area contributed by atoms with Gasteiger partial charge < -0.3 is 14.6 Å². The molecule has 5 heteroatoms. The van der Waals surface area contributed by atoms with E-state index in [2.05, 4.69) is 13.8 Å². The van der Waals surface area contributed by atoms with Crippen LogP contribution in [0.4, 0.5) is 0 Å². The van der Waals surface area contributed by atoms with Crippen molar-refractivity contribution in [1.82, 2.24) is 0 Å². The van der Waals surface area contributed by atoms with Gasteiger partial charge in [-0.1, -0.05) is 142 Å². The van der Waals surface area contributed by atoms with Gasteiger partial charge in [0.1, 0.15) is 12.7 Å². The first-order valence-corrected chi connectivity index (χ1v) is 17.1. The molecule has 0 aromatic carbocycles. The van der Waals surface area contributed by atoms with Gasteiger partial charge in [0.05, 0.1) is 0 Å². The van der Waals surface area contributed by atoms with Crippen molar-refractivity contribution in [2.75, 3.05) is 13.2 Å². The van der Waals surface area contributed by atoms with E-state index in [4.69, 9.17) is 14.6 Å². The topological polar surface area (TPSA) is 72.8 Å². The molecule has 1 atom stereocenters. The highest BCUT2D eigenvalue weighted by Crippen LogP contribution is 2.15. The summed E-state index contributed by atoms with van der Waals surface area (Å²) in [6, 6.07) is 0. The van der Waals surface area contributed by atoms with Gasteiger partial charge in [-0.2, -0.15) is 0 Å². The highest BCUT2D eigenvalue weighted by atomic mass is 16.6. The average molecular weight is 555 g/mol. The minimum Gasteiger partial charge on any atom is -0.462 e. The quantitative estimate of drug-likeness (QED) is 0.0681. The van der Waals surface area contributed by atoms with Crippen LogP contribution in [0.15, 0.2) is 0 Å². The van der Waals surface area contributed by atoms with Gasteiger partial charge in [0, 0.05) is 19.4 Å². The number of unbranched alkanes of at least 4 members (excludes halogenated alkanes) is 21. The van der Waals surface area contributed by atoms with E-state index >= 15 is 0 Å². The normalized spacial score (nSPS) is 12.0. The first-order chi connectivity index (χ1) is 19.1. The molecule has 5 nitrogen and oxygen atoms in total. The monoisotopic (exact) mass is 554 g/mol. The van der Waals surface area contributed by atoms with Gasteiger partial charge in [-0.25, -0.2) is 0 Å². The molecule has 0 amide bonds. The summed E-state index contributed by atoms with van der Waals surface area (Å²) in [6.45, 7) is 4.76. The Kier molecular flexibility index (Phi) is 30.5. The molecular weight excluding hydrogens is 488 g/mol. The van der Waals surface area contributed by atoms with Crippen molar-refractivity contribution in [3.05, 3.63) is 0 Å². The minimum absolute atomic E-state index is 0.123. The largest absolute Gasteiger partial charge is 0.462 e. The van der Waals surface area contributed by atoms with E-state index < -0.39 is 6.10 Å². The van der Waals surface area contributed by atoms with Crippen LogP contribution >= 0.6 is 0 Å². The molecule has 0 aliphatic heterocycles. The third kappa shape index (κ3) is 29.7. The van der Waals surface area contributed by atoms with E-state index in [-0.39, 0.29) is 25.2 Å². The van der Waals surface area contributed by atoms with Crippen molar-refractivity contribution < 1.29 is 24.2 Å². The number of aliphatic hydroxyl groups is 1. The predicted octanol–water partition coefficient (Wildman–Crippen LogP) is 10.0. The minimum atomic E-state index is -0.405. The lowest BCUT2D eigenvalue weighted by molar-refractivity contribution is -0.159. The van der Waals surface area contributed by atoms with E-state index in [0.717, 1.165) is 32.1 Å². The Morgan fingerprint density at radius 1 is 0.513 bits per heavy atom. The summed E-state index contributed by atoms with van der Waals surface area (Å²) in [7, 11) is 0. The Morgan fingerprint density at radius 3 is 1.31 bits per heavy atom. The number of carbonyl (C=O) groups is 2. The van der Waals surface area contributed by atoms with Crippen LogP contribution in [0, 0.1) is 0 Å². The Bertz CT molecular complexity index is 522. The molecule has 0 spiro atoms. The fourth-order valence-corrected chi connectivity index (χ4v) is 5.03. The molecule has 1 N–H and O–H groups in total. The first kappa shape index (κ1) is 37.9. The van der Waals surface area contributed by atoms with Crippen LogP contribution in [0.25, 0.3) is 0 Å². The van der Waals surface area contributed by atoms with Gasteiger partial charge in [-0.15, -0.1) is 0 Å². The van der Waals surface area contributed by atoms with Gasteiger partial charge in [0.15, 0.2) is 0 Å². The summed E-state index contributed by atoms with van der Waals surface area (Å²) in [5.41, 5.74) is 0. The third-order valence-corrected chi connectivity index (χ3v) is 7.63. The van der Waals surface area contributed by atoms with Crippen molar-refractivity contribution in [2.24, 2.45) is 0 Å². The molecule has 39 heavy (non-hydrogen) atoms. The van der Waals surface area contributed by atoms with E-state index in [1.54, 1.807) is 0 Å². The van der Waals surface area contributed by atoms with Crippen LogP contribution in [-0.2, 0) is 19.1 Å². The summed E-state index contributed by atoms with van der Waals surface area (Å²) in [4.78, 5) is 24.6. The van der Waals surface area contributed by atoms with Gasteiger partial charge in [0.2, 0.25) is 0 Å². The molecule has 0 heterocycles. The number of ether oxygens (including phenoxy) is 2. The average Bonchev–Trinajstić information content (AvgIpc) is 2.93. The lowest BCUT2D eigenvalue weighted by Gasteiger charge is -2.18. The molecule has 0 bridgehead atoms. The maximum Gasteiger partial charge on any atom is 0.306 e. The van der Waals surface area contributed by atoms with E-state index in [0.29, 0.717) is 25.7 Å². The second-order valence-electron chi connectivity index (χ2n) is 11.6. The SMILES string of the molecule is CCCCCCCCCCCCCC(=O)OCC(CCCCO)OC(=O)CCCCCCCCCCCCC. The lowest BCUT2D eigenvalue weighted by Crippen LogP contribution is -2.25. The Labute approximate surface area is 242 Å². The molecule has 0 aliphatic carbocycles. The van der Waals surface area contributed by atoms with Crippen molar-refractivity contribution in [2.45, 2.75) is 193 Å². The van der Waals surface area contributed by atoms with Gasteiger partial charge >= 0.3 is 11.9 Å². The van der Waals surface area contributed by atoms with Crippen LogP contribution in [0.3, 0.4) is 0 Å². The van der Waals surface area contributed by atoms with Crippen LogP contribution in [0.5, 0.6) is 0 Å². The van der Waals surface area contributed by atoms with E-state index in [1.807, 2.05) is 0 Å². The molecule has 232 valence electrons. The lowest BCUT2D eigenvalue weighted by atomic mass is 10.1. The second kappa shape index (κ2) is 31.4. The first-order valence-electron chi connectivity index (χ1n) is 17.1. The molecule has 0 aliphatic rings. The molecule has 1 unspecified atom stereocenters.